The van der Waals surface area contributed by atoms with E-state index in [2.05, 4.69) is 15.8 Å². The molecule has 3 heterocycles. The first kappa shape index (κ1) is 21.6. The summed E-state index contributed by atoms with van der Waals surface area (Å²) in [6.45, 7) is 3.21. The van der Waals surface area contributed by atoms with Gasteiger partial charge in [-0.2, -0.15) is 5.11 Å². The lowest BCUT2D eigenvalue weighted by molar-refractivity contribution is -0.136. The Morgan fingerprint density at radius 2 is 1.61 bits per heavy atom. The number of hydrogen-bond donors (Lipinski definition) is 1. The molecule has 172 valence electrons. The minimum atomic E-state index is -0.242. The molecule has 0 bridgehead atoms. The SMILES string of the molecule is O=C(OCC1CC(Cl)CC(Cl)C1)N1CC2CN(C(=O)C3CCC4N=NNC4C3)CC2C1. The van der Waals surface area contributed by atoms with Gasteiger partial charge in [-0.15, -0.1) is 23.2 Å². The number of amides is 2. The fraction of sp³-hybridized carbons (Fsp3) is 0.905. The number of hydrogen-bond acceptors (Lipinski definition) is 6. The van der Waals surface area contributed by atoms with Crippen LogP contribution in [0, 0.1) is 23.7 Å². The molecule has 4 fully saturated rings. The fourth-order valence-corrected chi connectivity index (χ4v) is 7.15. The first-order valence-corrected chi connectivity index (χ1v) is 12.5. The van der Waals surface area contributed by atoms with E-state index in [1.54, 1.807) is 0 Å². The molecular formula is C21H31Cl2N5O3. The van der Waals surface area contributed by atoms with Crippen LogP contribution in [-0.4, -0.2) is 77.4 Å². The van der Waals surface area contributed by atoms with Crippen molar-refractivity contribution in [2.24, 2.45) is 34.0 Å². The molecule has 0 aromatic rings. The second-order valence-electron chi connectivity index (χ2n) is 10.0. The van der Waals surface area contributed by atoms with Crippen LogP contribution in [0.3, 0.4) is 0 Å². The summed E-state index contributed by atoms with van der Waals surface area (Å²) in [4.78, 5) is 29.5. The van der Waals surface area contributed by atoms with E-state index < -0.39 is 0 Å². The smallest absolute Gasteiger partial charge is 0.409 e. The number of alkyl halides is 2. The second-order valence-corrected chi connectivity index (χ2v) is 11.3. The first-order valence-electron chi connectivity index (χ1n) is 11.6. The van der Waals surface area contributed by atoms with Crippen LogP contribution in [0.2, 0.25) is 0 Å². The highest BCUT2D eigenvalue weighted by Gasteiger charge is 2.46. The number of fused-ring (bicyclic) bond motifs is 2. The largest absolute Gasteiger partial charge is 0.449 e. The number of nitrogens with zero attached hydrogens (tertiary/aromatic N) is 4. The van der Waals surface area contributed by atoms with Gasteiger partial charge < -0.3 is 14.5 Å². The van der Waals surface area contributed by atoms with E-state index in [0.717, 1.165) is 51.6 Å². The standard InChI is InChI=1S/C21H31Cl2N5O3/c22-16-3-12(4-17(23)6-16)11-31-21(30)28-9-14-7-27(8-15(14)10-28)20(29)13-1-2-18-19(5-13)25-26-24-18/h12-19H,1-11H2,(H,24,25). The molecule has 0 radical (unpaired) electrons. The number of halogens is 2. The van der Waals surface area contributed by atoms with Crippen molar-refractivity contribution in [1.82, 2.24) is 15.2 Å². The van der Waals surface area contributed by atoms with Crippen LogP contribution in [0.1, 0.15) is 38.5 Å². The van der Waals surface area contributed by atoms with Gasteiger partial charge in [-0.3, -0.25) is 10.2 Å². The molecule has 1 N–H and O–H groups in total. The summed E-state index contributed by atoms with van der Waals surface area (Å²) >= 11 is 12.5. The molecule has 3 aliphatic heterocycles. The van der Waals surface area contributed by atoms with Crippen molar-refractivity contribution in [2.45, 2.75) is 61.4 Å². The lowest BCUT2D eigenvalue weighted by Gasteiger charge is -2.32. The molecule has 10 heteroatoms. The third kappa shape index (κ3) is 4.61. The molecule has 2 aliphatic carbocycles. The number of carbonyl (C=O) groups is 2. The van der Waals surface area contributed by atoms with Gasteiger partial charge in [0, 0.05) is 54.7 Å². The molecular weight excluding hydrogens is 441 g/mol. The number of likely N-dealkylation sites (tertiary alicyclic amines) is 2. The number of rotatable bonds is 3. The zero-order valence-corrected chi connectivity index (χ0v) is 19.2. The third-order valence-electron chi connectivity index (χ3n) is 7.78. The Hall–Kier alpha value is -1.28. The van der Waals surface area contributed by atoms with Gasteiger partial charge in [-0.05, 0) is 44.4 Å². The predicted octanol–water partition coefficient (Wildman–Crippen LogP) is 3.04. The molecule has 8 nitrogen and oxygen atoms in total. The van der Waals surface area contributed by atoms with Crippen LogP contribution < -0.4 is 5.43 Å². The summed E-state index contributed by atoms with van der Waals surface area (Å²) < 4.78 is 5.60. The average molecular weight is 472 g/mol. The Morgan fingerprint density at radius 3 is 2.32 bits per heavy atom. The van der Waals surface area contributed by atoms with Gasteiger partial charge in [0.2, 0.25) is 5.91 Å². The second kappa shape index (κ2) is 8.93. The maximum atomic E-state index is 13.1. The van der Waals surface area contributed by atoms with Crippen molar-refractivity contribution in [3.63, 3.8) is 0 Å². The van der Waals surface area contributed by atoms with Crippen molar-refractivity contribution in [2.75, 3.05) is 32.8 Å². The van der Waals surface area contributed by atoms with E-state index in [1.807, 2.05) is 9.80 Å². The summed E-state index contributed by atoms with van der Waals surface area (Å²) in [7, 11) is 0. The Morgan fingerprint density at radius 1 is 0.935 bits per heavy atom. The minimum Gasteiger partial charge on any atom is -0.449 e. The van der Waals surface area contributed by atoms with Crippen LogP contribution >= 0.6 is 23.2 Å². The maximum Gasteiger partial charge on any atom is 0.409 e. The van der Waals surface area contributed by atoms with E-state index in [-0.39, 0.29) is 46.7 Å². The summed E-state index contributed by atoms with van der Waals surface area (Å²) in [5, 5.41) is 8.26. The fourth-order valence-electron chi connectivity index (χ4n) is 6.12. The Kier molecular flexibility index (Phi) is 6.21. The highest BCUT2D eigenvalue weighted by molar-refractivity contribution is 6.23. The maximum absolute atomic E-state index is 13.1. The lowest BCUT2D eigenvalue weighted by atomic mass is 9.82. The summed E-state index contributed by atoms with van der Waals surface area (Å²) in [6, 6.07) is 0.447. The zero-order valence-electron chi connectivity index (χ0n) is 17.7. The van der Waals surface area contributed by atoms with E-state index in [1.165, 1.54) is 0 Å². The monoisotopic (exact) mass is 471 g/mol. The Labute approximate surface area is 193 Å². The van der Waals surface area contributed by atoms with Crippen LogP contribution in [0.4, 0.5) is 4.79 Å². The Bertz CT molecular complexity index is 716. The molecule has 5 aliphatic rings. The van der Waals surface area contributed by atoms with Crippen LogP contribution in [0.5, 0.6) is 0 Å². The highest BCUT2D eigenvalue weighted by atomic mass is 35.5. The van der Waals surface area contributed by atoms with Crippen molar-refractivity contribution in [3.8, 4) is 0 Å². The molecule has 2 amide bonds. The van der Waals surface area contributed by atoms with Crippen molar-refractivity contribution >= 4 is 35.2 Å². The van der Waals surface area contributed by atoms with E-state index in [9.17, 15) is 9.59 Å². The molecule has 5 rings (SSSR count). The molecule has 31 heavy (non-hydrogen) atoms. The van der Waals surface area contributed by atoms with Gasteiger partial charge in [0.25, 0.3) is 0 Å². The molecule has 0 aromatic heterocycles. The molecule has 2 saturated carbocycles. The molecule has 7 unspecified atom stereocenters. The van der Waals surface area contributed by atoms with Crippen LogP contribution in [0.25, 0.3) is 0 Å². The average Bonchev–Trinajstić information content (AvgIpc) is 3.44. The topological polar surface area (TPSA) is 86.6 Å². The van der Waals surface area contributed by atoms with Gasteiger partial charge in [0.15, 0.2) is 0 Å². The van der Waals surface area contributed by atoms with Gasteiger partial charge >= 0.3 is 6.09 Å². The minimum absolute atomic E-state index is 0.0594. The van der Waals surface area contributed by atoms with Gasteiger partial charge in [-0.1, -0.05) is 5.22 Å². The molecule has 2 saturated heterocycles. The summed E-state index contributed by atoms with van der Waals surface area (Å²) in [5.74, 6) is 1.25. The van der Waals surface area contributed by atoms with Crippen LogP contribution in [0.15, 0.2) is 10.3 Å². The molecule has 7 atom stereocenters. The third-order valence-corrected chi connectivity index (χ3v) is 8.49. The van der Waals surface area contributed by atoms with Gasteiger partial charge in [-0.25, -0.2) is 4.79 Å². The van der Waals surface area contributed by atoms with Gasteiger partial charge in [0.05, 0.1) is 18.7 Å². The van der Waals surface area contributed by atoms with Gasteiger partial charge in [0.1, 0.15) is 0 Å². The quantitative estimate of drug-likeness (QED) is 0.640. The van der Waals surface area contributed by atoms with E-state index >= 15 is 0 Å². The zero-order chi connectivity index (χ0) is 21.5. The van der Waals surface area contributed by atoms with E-state index in [4.69, 9.17) is 27.9 Å². The van der Waals surface area contributed by atoms with E-state index in [0.29, 0.717) is 31.5 Å². The number of nitrogens with one attached hydrogen (secondary N) is 1. The number of ether oxygens (including phenoxy) is 1. The molecule has 0 spiro atoms. The number of carbonyl (C=O) groups excluding carboxylic acids is 2. The van der Waals surface area contributed by atoms with Crippen molar-refractivity contribution in [3.05, 3.63) is 0 Å². The Balaban J connectivity index is 1.07. The van der Waals surface area contributed by atoms with Crippen molar-refractivity contribution in [1.29, 1.82) is 0 Å². The van der Waals surface area contributed by atoms with Crippen LogP contribution in [-0.2, 0) is 9.53 Å². The first-order chi connectivity index (χ1) is 15.0. The summed E-state index contributed by atoms with van der Waals surface area (Å²) in [6.07, 6.45) is 4.90. The van der Waals surface area contributed by atoms with Crippen molar-refractivity contribution < 1.29 is 14.3 Å². The summed E-state index contributed by atoms with van der Waals surface area (Å²) in [5.41, 5.74) is 3.05. The predicted molar refractivity (Wildman–Crippen MR) is 116 cm³/mol. The normalized spacial score (nSPS) is 41.6. The highest BCUT2D eigenvalue weighted by Crippen LogP contribution is 2.36. The lowest BCUT2D eigenvalue weighted by Crippen LogP contribution is -2.44. The molecule has 0 aromatic carbocycles.